The number of likely N-dealkylation sites (N-methyl/N-ethyl adjacent to an activating group) is 1. The summed E-state index contributed by atoms with van der Waals surface area (Å²) in [5.74, 6) is 2.41. The molecule has 0 saturated carbocycles. The molecule has 1 saturated heterocycles. The number of anilines is 1. The number of hydrogen-bond donors (Lipinski definition) is 3. The van der Waals surface area contributed by atoms with Crippen LogP contribution in [0.1, 0.15) is 5.82 Å². The number of rotatable bonds is 11. The van der Waals surface area contributed by atoms with Crippen LogP contribution in [0.4, 0.5) is 10.5 Å². The molecule has 1 aliphatic heterocycles. The number of halogens is 1. The third-order valence-corrected chi connectivity index (χ3v) is 9.73. The van der Waals surface area contributed by atoms with Crippen LogP contribution in [0.3, 0.4) is 0 Å². The second kappa shape index (κ2) is 15.1. The van der Waals surface area contributed by atoms with Gasteiger partial charge in [0.15, 0.2) is 0 Å². The van der Waals surface area contributed by atoms with E-state index in [4.69, 9.17) is 31.0 Å². The maximum absolute atomic E-state index is 13.0. The molecule has 0 aliphatic carbocycles. The van der Waals surface area contributed by atoms with Crippen molar-refractivity contribution in [2.75, 3.05) is 64.5 Å². The molecule has 7 aromatic rings. The third-order valence-electron chi connectivity index (χ3n) is 9.50. The summed E-state index contributed by atoms with van der Waals surface area (Å²) in [5.41, 5.74) is 6.78. The third kappa shape index (κ3) is 7.29. The molecule has 0 unspecified atom stereocenters. The molecule has 0 radical (unpaired) electrons. The van der Waals surface area contributed by atoms with E-state index in [0.29, 0.717) is 29.5 Å². The lowest BCUT2D eigenvalue weighted by Gasteiger charge is -2.34. The van der Waals surface area contributed by atoms with Crippen LogP contribution < -0.4 is 20.5 Å². The summed E-state index contributed by atoms with van der Waals surface area (Å²) in [5, 5.41) is 3.41. The topological polar surface area (TPSA) is 146 Å². The number of fused-ring (bicyclic) bond motifs is 3. The van der Waals surface area contributed by atoms with E-state index in [9.17, 15) is 9.59 Å². The summed E-state index contributed by atoms with van der Waals surface area (Å²) < 4.78 is 12.8. The fourth-order valence-corrected chi connectivity index (χ4v) is 6.76. The van der Waals surface area contributed by atoms with Crippen molar-refractivity contribution in [1.82, 2.24) is 39.7 Å². The Labute approximate surface area is 315 Å². The van der Waals surface area contributed by atoms with Crippen molar-refractivity contribution in [1.29, 1.82) is 0 Å². The van der Waals surface area contributed by atoms with Crippen LogP contribution in [-0.2, 0) is 4.74 Å². The summed E-state index contributed by atoms with van der Waals surface area (Å²) in [6.45, 7) is 8.99. The van der Waals surface area contributed by atoms with E-state index in [1.165, 1.54) is 22.4 Å². The van der Waals surface area contributed by atoms with Gasteiger partial charge in [0.2, 0.25) is 0 Å². The average molecular weight is 744 g/mol. The van der Waals surface area contributed by atoms with E-state index in [1.807, 2.05) is 36.4 Å². The van der Waals surface area contributed by atoms with Crippen LogP contribution in [0.5, 0.6) is 5.75 Å². The van der Waals surface area contributed by atoms with Gasteiger partial charge in [-0.25, -0.2) is 19.3 Å². The fourth-order valence-electron chi connectivity index (χ4n) is 6.59. The van der Waals surface area contributed by atoms with E-state index in [0.717, 1.165) is 71.0 Å². The Bertz CT molecular complexity index is 2550. The molecule has 3 aromatic heterocycles. The van der Waals surface area contributed by atoms with Crippen LogP contribution in [0, 0.1) is 0 Å². The van der Waals surface area contributed by atoms with Crippen molar-refractivity contribution >= 4 is 62.4 Å². The van der Waals surface area contributed by atoms with Gasteiger partial charge in [-0.15, -0.1) is 0 Å². The second-order valence-corrected chi connectivity index (χ2v) is 13.5. The van der Waals surface area contributed by atoms with Crippen molar-refractivity contribution in [2.45, 2.75) is 0 Å². The summed E-state index contributed by atoms with van der Waals surface area (Å²) in [4.78, 5) is 50.8. The van der Waals surface area contributed by atoms with Crippen LogP contribution in [0.2, 0.25) is 5.02 Å². The molecule has 4 heterocycles. The smallest absolute Gasteiger partial charge is 0.327 e. The Morgan fingerprint density at radius 1 is 0.852 bits per heavy atom. The molecule has 274 valence electrons. The van der Waals surface area contributed by atoms with Crippen LogP contribution >= 0.6 is 11.6 Å². The number of H-pyrrole nitrogens is 2. The molecule has 8 rings (SSSR count). The number of piperazine rings is 1. The van der Waals surface area contributed by atoms with Crippen molar-refractivity contribution in [3.8, 4) is 28.5 Å². The number of carbonyl (C=O) groups is 1. The number of carbonyl (C=O) groups excluding carboxylic acids is 1. The van der Waals surface area contributed by atoms with E-state index >= 15 is 0 Å². The largest absolute Gasteiger partial charge is 0.491 e. The molecule has 1 fully saturated rings. The molecule has 4 aromatic carbocycles. The number of amides is 1. The molecule has 3 N–H and O–H groups in total. The zero-order valence-corrected chi connectivity index (χ0v) is 30.4. The normalized spacial score (nSPS) is 13.6. The summed E-state index contributed by atoms with van der Waals surface area (Å²) in [6, 6.07) is 24.5. The van der Waals surface area contributed by atoms with Gasteiger partial charge in [0.05, 0.1) is 46.2 Å². The van der Waals surface area contributed by atoms with Crippen LogP contribution in [0.15, 0.2) is 90.2 Å². The van der Waals surface area contributed by atoms with Gasteiger partial charge in [-0.05, 0) is 92.0 Å². The van der Waals surface area contributed by atoms with Gasteiger partial charge in [-0.2, -0.15) is 4.98 Å². The molecule has 0 atom stereocenters. The van der Waals surface area contributed by atoms with Gasteiger partial charge < -0.3 is 34.6 Å². The van der Waals surface area contributed by atoms with Crippen molar-refractivity contribution in [3.63, 3.8) is 0 Å². The monoisotopic (exact) mass is 743 g/mol. The van der Waals surface area contributed by atoms with Crippen molar-refractivity contribution in [2.24, 2.45) is 0 Å². The van der Waals surface area contributed by atoms with Gasteiger partial charge in [0.1, 0.15) is 29.8 Å². The van der Waals surface area contributed by atoms with Gasteiger partial charge in [0.25, 0.3) is 5.56 Å². The number of ether oxygens (including phenoxy) is 2. The highest BCUT2D eigenvalue weighted by Gasteiger charge is 2.17. The highest BCUT2D eigenvalue weighted by Crippen LogP contribution is 2.29. The maximum Gasteiger partial charge on any atom is 0.327 e. The Hall–Kier alpha value is -6.02. The van der Waals surface area contributed by atoms with Crippen LogP contribution in [-0.4, -0.2) is 100 Å². The maximum atomic E-state index is 13.0. The van der Waals surface area contributed by atoms with Crippen molar-refractivity contribution < 1.29 is 14.3 Å². The lowest BCUT2D eigenvalue weighted by molar-refractivity contribution is 0.103. The van der Waals surface area contributed by atoms with E-state index in [1.54, 1.807) is 12.1 Å². The first-order chi connectivity index (χ1) is 26.3. The second-order valence-electron chi connectivity index (χ2n) is 13.1. The molecule has 0 bridgehead atoms. The average Bonchev–Trinajstić information content (AvgIpc) is 3.82. The van der Waals surface area contributed by atoms with Gasteiger partial charge in [-0.3, -0.25) is 4.79 Å². The number of aromatic nitrogens is 6. The Morgan fingerprint density at radius 3 is 2.31 bits per heavy atom. The Morgan fingerprint density at radius 2 is 1.56 bits per heavy atom. The number of imidazole rings is 2. The SMILES string of the molecule is C=Cc1nc(=O)c2cc(Cl)ccc2n1C(=O)NCCOCCOc1ccc(-c2nc3ccc(-c4nc5ccc(N6CCN(C)CC6)cc5[nH]4)cc3[nH]2)cc1. The predicted octanol–water partition coefficient (Wildman–Crippen LogP) is 6.18. The minimum atomic E-state index is -0.483. The molecule has 13 nitrogen and oxygen atoms in total. The van der Waals surface area contributed by atoms with E-state index < -0.39 is 11.6 Å². The molecule has 14 heteroatoms. The van der Waals surface area contributed by atoms with E-state index in [-0.39, 0.29) is 24.4 Å². The summed E-state index contributed by atoms with van der Waals surface area (Å²) in [6.07, 6.45) is 1.36. The van der Waals surface area contributed by atoms with Gasteiger partial charge in [0, 0.05) is 54.6 Å². The molecule has 1 aliphatic rings. The number of nitrogens with one attached hydrogen (secondary N) is 3. The quantitative estimate of drug-likeness (QED) is 0.132. The number of hydrogen-bond acceptors (Lipinski definition) is 9. The molecular weight excluding hydrogens is 706 g/mol. The zero-order chi connectivity index (χ0) is 37.2. The zero-order valence-electron chi connectivity index (χ0n) is 29.6. The molecular formula is C40H38ClN9O4. The minimum Gasteiger partial charge on any atom is -0.491 e. The van der Waals surface area contributed by atoms with Gasteiger partial charge in [-0.1, -0.05) is 18.2 Å². The Balaban J connectivity index is 0.829. The lowest BCUT2D eigenvalue weighted by atomic mass is 10.2. The lowest BCUT2D eigenvalue weighted by Crippen LogP contribution is -2.44. The first kappa shape index (κ1) is 35.0. The summed E-state index contributed by atoms with van der Waals surface area (Å²) >= 11 is 6.04. The molecule has 0 spiro atoms. The highest BCUT2D eigenvalue weighted by molar-refractivity contribution is 6.31. The van der Waals surface area contributed by atoms with Gasteiger partial charge >= 0.3 is 6.03 Å². The van der Waals surface area contributed by atoms with E-state index in [2.05, 4.69) is 68.0 Å². The summed E-state index contributed by atoms with van der Waals surface area (Å²) in [7, 11) is 2.17. The molecule has 1 amide bonds. The molecule has 54 heavy (non-hydrogen) atoms. The van der Waals surface area contributed by atoms with Crippen molar-refractivity contribution in [3.05, 3.63) is 107 Å². The number of nitrogens with zero attached hydrogens (tertiary/aromatic N) is 6. The van der Waals surface area contributed by atoms with Crippen LogP contribution in [0.25, 0.3) is 61.8 Å². The standard InChI is InChI=1S/C40H38ClN9O4/c1-3-36-47-39(51)30-23-27(41)7-13-35(30)50(36)40(52)42-14-19-53-20-21-54-29-9-4-25(5-10-29)37-43-31-11-6-26(22-33(31)45-37)38-44-32-12-8-28(24-34(32)46-38)49-17-15-48(2)16-18-49/h3-13,22-24H,1,14-21H2,2H3,(H,42,52)(H,43,45)(H,44,46). The predicted molar refractivity (Wildman–Crippen MR) is 213 cm³/mol. The number of benzene rings is 4. The minimum absolute atomic E-state index is 0.135. The first-order valence-corrected chi connectivity index (χ1v) is 18.1. The Kier molecular flexibility index (Phi) is 9.83. The fraction of sp³-hybridized carbons (Fsp3) is 0.225. The first-order valence-electron chi connectivity index (χ1n) is 17.7. The number of aromatic amines is 2. The highest BCUT2D eigenvalue weighted by atomic mass is 35.5.